The van der Waals surface area contributed by atoms with E-state index in [-0.39, 0.29) is 11.6 Å². The van der Waals surface area contributed by atoms with Crippen molar-refractivity contribution in [3.8, 4) is 22.8 Å². The first-order valence-electron chi connectivity index (χ1n) is 12.0. The molecule has 1 saturated heterocycles. The Balaban J connectivity index is 1.39. The van der Waals surface area contributed by atoms with Crippen molar-refractivity contribution in [3.63, 3.8) is 0 Å². The van der Waals surface area contributed by atoms with E-state index in [1.807, 2.05) is 36.4 Å². The van der Waals surface area contributed by atoms with Gasteiger partial charge in [-0.05, 0) is 30.7 Å². The lowest BCUT2D eigenvalue weighted by Crippen LogP contribution is -2.45. The third-order valence-electron chi connectivity index (χ3n) is 6.83. The zero-order chi connectivity index (χ0) is 25.8. The molecule has 0 bridgehead atoms. The highest BCUT2D eigenvalue weighted by Gasteiger charge is 2.37. The van der Waals surface area contributed by atoms with Crippen molar-refractivity contribution >= 4 is 34.0 Å². The van der Waals surface area contributed by atoms with Crippen molar-refractivity contribution in [2.45, 2.75) is 12.5 Å². The van der Waals surface area contributed by atoms with Crippen LogP contribution in [0.2, 0.25) is 5.02 Å². The van der Waals surface area contributed by atoms with Crippen molar-refractivity contribution in [1.82, 2.24) is 39.3 Å². The van der Waals surface area contributed by atoms with Crippen LogP contribution in [0.15, 0.2) is 72.0 Å². The summed E-state index contributed by atoms with van der Waals surface area (Å²) < 4.78 is 8.39. The number of H-pyrrole nitrogens is 1. The number of rotatable bonds is 5. The van der Waals surface area contributed by atoms with Crippen molar-refractivity contribution in [3.05, 3.63) is 88.5 Å². The molecule has 6 aromatic rings. The van der Waals surface area contributed by atoms with Crippen molar-refractivity contribution in [2.75, 3.05) is 18.6 Å². The first-order chi connectivity index (χ1) is 18.6. The van der Waals surface area contributed by atoms with E-state index in [0.29, 0.717) is 39.4 Å². The summed E-state index contributed by atoms with van der Waals surface area (Å²) in [5, 5.41) is 13.5. The van der Waals surface area contributed by atoms with Crippen LogP contribution in [-0.2, 0) is 0 Å². The minimum Gasteiger partial charge on any atom is -0.481 e. The van der Waals surface area contributed by atoms with Gasteiger partial charge in [-0.25, -0.2) is 19.5 Å². The first-order valence-corrected chi connectivity index (χ1v) is 12.3. The van der Waals surface area contributed by atoms with Gasteiger partial charge in [-0.3, -0.25) is 14.5 Å². The normalized spacial score (nSPS) is 15.2. The highest BCUT2D eigenvalue weighted by molar-refractivity contribution is 6.33. The van der Waals surface area contributed by atoms with Gasteiger partial charge in [0.25, 0.3) is 5.56 Å². The lowest BCUT2D eigenvalue weighted by molar-refractivity contribution is 0.398. The second-order valence-corrected chi connectivity index (χ2v) is 9.28. The van der Waals surface area contributed by atoms with E-state index in [1.54, 1.807) is 40.7 Å². The maximum Gasteiger partial charge on any atom is 0.284 e. The van der Waals surface area contributed by atoms with Gasteiger partial charge in [0, 0.05) is 30.6 Å². The molecule has 1 aliphatic rings. The van der Waals surface area contributed by atoms with Crippen LogP contribution < -0.4 is 15.2 Å². The Bertz CT molecular complexity index is 1860. The van der Waals surface area contributed by atoms with Gasteiger partial charge in [-0.15, -0.1) is 0 Å². The number of hydrogen-bond acceptors (Lipinski definition) is 8. The van der Waals surface area contributed by atoms with Gasteiger partial charge >= 0.3 is 0 Å². The summed E-state index contributed by atoms with van der Waals surface area (Å²) in [6.07, 6.45) is 5.70. The zero-order valence-electron chi connectivity index (χ0n) is 20.1. The number of methoxy groups -OCH3 is 1. The van der Waals surface area contributed by atoms with Crippen molar-refractivity contribution in [2.24, 2.45) is 0 Å². The molecule has 7 rings (SSSR count). The quantitative estimate of drug-likeness (QED) is 0.361. The molecule has 0 unspecified atom stereocenters. The van der Waals surface area contributed by atoms with E-state index in [4.69, 9.17) is 21.4 Å². The molecule has 5 aromatic heterocycles. The monoisotopic (exact) mass is 525 g/mol. The molecule has 0 amide bonds. The van der Waals surface area contributed by atoms with Gasteiger partial charge < -0.3 is 9.64 Å². The van der Waals surface area contributed by atoms with Crippen LogP contribution in [0, 0.1) is 0 Å². The molecule has 11 nitrogen and oxygen atoms in total. The second kappa shape index (κ2) is 8.67. The van der Waals surface area contributed by atoms with Gasteiger partial charge in [-0.2, -0.15) is 10.2 Å². The number of aromatic nitrogens is 8. The van der Waals surface area contributed by atoms with E-state index in [9.17, 15) is 4.79 Å². The van der Waals surface area contributed by atoms with E-state index >= 15 is 0 Å². The van der Waals surface area contributed by atoms with E-state index in [0.717, 1.165) is 29.6 Å². The minimum absolute atomic E-state index is 0.219. The molecular weight excluding hydrogens is 506 g/mol. The Kier molecular flexibility index (Phi) is 5.11. The number of anilines is 1. The number of pyridine rings is 1. The number of halogens is 1. The smallest absolute Gasteiger partial charge is 0.284 e. The Labute approximate surface area is 220 Å². The second-order valence-electron chi connectivity index (χ2n) is 8.87. The highest BCUT2D eigenvalue weighted by atomic mass is 35.5. The molecule has 1 aliphatic heterocycles. The topological polar surface area (TPSA) is 119 Å². The first kappa shape index (κ1) is 22.4. The maximum atomic E-state index is 13.7. The number of fused-ring (bicyclic) bond motifs is 2. The van der Waals surface area contributed by atoms with Gasteiger partial charge in [0.05, 0.1) is 34.9 Å². The van der Waals surface area contributed by atoms with Crippen LogP contribution in [0.1, 0.15) is 18.3 Å². The summed E-state index contributed by atoms with van der Waals surface area (Å²) >= 11 is 6.36. The number of para-hydroxylation sites is 1. The summed E-state index contributed by atoms with van der Waals surface area (Å²) in [5.41, 5.74) is 2.92. The predicted molar refractivity (Wildman–Crippen MR) is 142 cm³/mol. The highest BCUT2D eigenvalue weighted by Crippen LogP contribution is 2.41. The van der Waals surface area contributed by atoms with Crippen molar-refractivity contribution < 1.29 is 4.74 Å². The average molecular weight is 526 g/mol. The number of nitrogens with zero attached hydrogens (tertiary/aromatic N) is 8. The number of benzene rings is 1. The Morgan fingerprint density at radius 3 is 2.68 bits per heavy atom. The molecule has 188 valence electrons. The van der Waals surface area contributed by atoms with E-state index in [1.165, 1.54) is 6.33 Å². The van der Waals surface area contributed by atoms with Gasteiger partial charge in [0.2, 0.25) is 5.88 Å². The number of nitrogens with one attached hydrogen (secondary N) is 1. The van der Waals surface area contributed by atoms with E-state index < -0.39 is 0 Å². The molecule has 12 heteroatoms. The molecule has 1 atom stereocenters. The fourth-order valence-corrected chi connectivity index (χ4v) is 5.14. The summed E-state index contributed by atoms with van der Waals surface area (Å²) in [6.45, 7) is 0.720. The molecular formula is C26H20ClN9O2. The molecule has 6 heterocycles. The summed E-state index contributed by atoms with van der Waals surface area (Å²) in [7, 11) is 1.58. The average Bonchev–Trinajstić information content (AvgIpc) is 3.53. The number of hydrogen-bond donors (Lipinski definition) is 1. The fraction of sp³-hybridized carbons (Fsp3) is 0.154. The summed E-state index contributed by atoms with van der Waals surface area (Å²) in [5.74, 6) is 1.81. The molecule has 1 N–H and O–H groups in total. The molecule has 1 fully saturated rings. The maximum absolute atomic E-state index is 13.7. The van der Waals surface area contributed by atoms with Crippen LogP contribution in [-0.4, -0.2) is 53.0 Å². The molecule has 38 heavy (non-hydrogen) atoms. The van der Waals surface area contributed by atoms with Gasteiger partial charge in [0.1, 0.15) is 17.7 Å². The summed E-state index contributed by atoms with van der Waals surface area (Å²) in [4.78, 5) is 29.2. The number of ether oxygens (including phenoxy) is 1. The van der Waals surface area contributed by atoms with Gasteiger partial charge in [-0.1, -0.05) is 29.8 Å². The van der Waals surface area contributed by atoms with Crippen LogP contribution in [0.25, 0.3) is 33.5 Å². The van der Waals surface area contributed by atoms with Crippen molar-refractivity contribution in [1.29, 1.82) is 0 Å². The third kappa shape index (κ3) is 3.36. The van der Waals surface area contributed by atoms with Crippen LogP contribution in [0.5, 0.6) is 5.88 Å². The lowest BCUT2D eigenvalue weighted by atomic mass is 10.0. The molecule has 1 aromatic carbocycles. The Morgan fingerprint density at radius 1 is 1.08 bits per heavy atom. The van der Waals surface area contributed by atoms with Crippen LogP contribution >= 0.6 is 11.6 Å². The number of aromatic amines is 1. The fourth-order valence-electron chi connectivity index (χ4n) is 4.92. The Hall–Kier alpha value is -4.77. The molecule has 0 aliphatic carbocycles. The SMILES string of the molecule is COc1ccc(-c2[nH]nc3ncnc(N4CC[C@H]4c4nn5ccc(Cl)c5c(=O)n4-c4ccccc4)c23)cn1. The van der Waals surface area contributed by atoms with Gasteiger partial charge in [0.15, 0.2) is 11.5 Å². The molecule has 0 spiro atoms. The molecule has 0 radical (unpaired) electrons. The predicted octanol–water partition coefficient (Wildman–Crippen LogP) is 3.83. The standard InChI is InChI=1S/C26H20ClN9O2/c1-38-19-8-7-15(13-28-19)21-20-23(32-31-21)29-14-30-25(20)34-11-10-18(34)24-33-35-12-9-17(27)22(35)26(37)36(24)16-5-3-2-4-6-16/h2-9,12-14,18H,10-11H2,1H3,(H,29,30,31,32)/t18-/m0/s1. The van der Waals surface area contributed by atoms with E-state index in [2.05, 4.69) is 30.0 Å². The van der Waals surface area contributed by atoms with Crippen LogP contribution in [0.4, 0.5) is 5.82 Å². The zero-order valence-corrected chi connectivity index (χ0v) is 20.9. The van der Waals surface area contributed by atoms with Crippen LogP contribution in [0.3, 0.4) is 0 Å². The largest absolute Gasteiger partial charge is 0.481 e. The lowest BCUT2D eigenvalue weighted by Gasteiger charge is -2.42. The minimum atomic E-state index is -0.232. The summed E-state index contributed by atoms with van der Waals surface area (Å²) in [6, 6.07) is 14.6. The molecule has 0 saturated carbocycles. The third-order valence-corrected chi connectivity index (χ3v) is 7.14. The Morgan fingerprint density at radius 2 is 1.95 bits per heavy atom.